The molecule has 7 heteroatoms. The van der Waals surface area contributed by atoms with E-state index in [1.165, 1.54) is 16.4 Å². The molecule has 30 heavy (non-hydrogen) atoms. The molecule has 0 bridgehead atoms. The number of carbonyl (C=O) groups is 1. The number of carbonyl (C=O) groups excluding carboxylic acids is 1. The Kier molecular flexibility index (Phi) is 5.94. The van der Waals surface area contributed by atoms with Crippen LogP contribution in [0.15, 0.2) is 83.8 Å². The number of sulfonamides is 1. The molecule has 1 aliphatic heterocycles. The zero-order chi connectivity index (χ0) is 21.0. The largest absolute Gasteiger partial charge is 0.379 e. The van der Waals surface area contributed by atoms with Crippen LogP contribution in [0.5, 0.6) is 0 Å². The lowest BCUT2D eigenvalue weighted by Gasteiger charge is -2.26. The molecular weight excluding hydrogens is 400 g/mol. The molecule has 1 fully saturated rings. The maximum atomic E-state index is 12.8. The molecule has 0 aromatic heterocycles. The van der Waals surface area contributed by atoms with E-state index in [2.05, 4.69) is 5.32 Å². The molecule has 1 N–H and O–H groups in total. The number of amides is 1. The van der Waals surface area contributed by atoms with E-state index in [0.717, 1.165) is 11.1 Å². The van der Waals surface area contributed by atoms with Crippen molar-refractivity contribution >= 4 is 21.6 Å². The second-order valence-corrected chi connectivity index (χ2v) is 8.88. The van der Waals surface area contributed by atoms with Crippen molar-refractivity contribution in [3.63, 3.8) is 0 Å². The van der Waals surface area contributed by atoms with Gasteiger partial charge in [0.15, 0.2) is 0 Å². The van der Waals surface area contributed by atoms with Gasteiger partial charge in [0.25, 0.3) is 5.91 Å². The average Bonchev–Trinajstić information content (AvgIpc) is 2.81. The van der Waals surface area contributed by atoms with Crippen molar-refractivity contribution in [2.75, 3.05) is 31.6 Å². The third kappa shape index (κ3) is 4.43. The highest BCUT2D eigenvalue weighted by Gasteiger charge is 2.26. The second-order valence-electron chi connectivity index (χ2n) is 6.94. The van der Waals surface area contributed by atoms with Gasteiger partial charge in [-0.25, -0.2) is 8.42 Å². The maximum absolute atomic E-state index is 12.8. The van der Waals surface area contributed by atoms with Crippen molar-refractivity contribution in [2.45, 2.75) is 4.90 Å². The zero-order valence-electron chi connectivity index (χ0n) is 16.3. The molecule has 4 rings (SSSR count). The summed E-state index contributed by atoms with van der Waals surface area (Å²) in [6.45, 7) is 1.37. The van der Waals surface area contributed by atoms with E-state index in [1.54, 1.807) is 12.1 Å². The number of ether oxygens (including phenoxy) is 1. The predicted octanol–water partition coefficient (Wildman–Crippen LogP) is 3.63. The van der Waals surface area contributed by atoms with Crippen molar-refractivity contribution in [3.05, 3.63) is 84.4 Å². The number of hydrogen-bond acceptors (Lipinski definition) is 4. The zero-order valence-corrected chi connectivity index (χ0v) is 17.1. The first kappa shape index (κ1) is 20.3. The molecule has 3 aromatic rings. The van der Waals surface area contributed by atoms with E-state index < -0.39 is 10.0 Å². The van der Waals surface area contributed by atoms with Gasteiger partial charge in [0.2, 0.25) is 10.0 Å². The number of nitrogens with zero attached hydrogens (tertiary/aromatic N) is 1. The fourth-order valence-corrected chi connectivity index (χ4v) is 4.77. The summed E-state index contributed by atoms with van der Waals surface area (Å²) in [6, 6.07) is 23.6. The minimum atomic E-state index is -3.65. The van der Waals surface area contributed by atoms with E-state index in [-0.39, 0.29) is 16.4 Å². The summed E-state index contributed by atoms with van der Waals surface area (Å²) in [5.41, 5.74) is 3.07. The van der Waals surface area contributed by atoms with E-state index in [0.29, 0.717) is 32.0 Å². The molecule has 0 unspecified atom stereocenters. The average molecular weight is 423 g/mol. The Hall–Kier alpha value is -3.00. The van der Waals surface area contributed by atoms with Crippen LogP contribution in [0.2, 0.25) is 0 Å². The Morgan fingerprint density at radius 2 is 1.50 bits per heavy atom. The molecule has 3 aromatic carbocycles. The van der Waals surface area contributed by atoms with Crippen LogP contribution in [-0.2, 0) is 14.8 Å². The highest BCUT2D eigenvalue weighted by Crippen LogP contribution is 2.22. The molecule has 0 radical (unpaired) electrons. The first-order chi connectivity index (χ1) is 14.5. The van der Waals surface area contributed by atoms with Crippen LogP contribution in [0.25, 0.3) is 11.1 Å². The van der Waals surface area contributed by atoms with Crippen LogP contribution in [0.1, 0.15) is 10.4 Å². The first-order valence-electron chi connectivity index (χ1n) is 9.69. The van der Waals surface area contributed by atoms with Gasteiger partial charge in [-0.1, -0.05) is 48.5 Å². The third-order valence-electron chi connectivity index (χ3n) is 4.95. The Balaban J connectivity index is 1.49. The van der Waals surface area contributed by atoms with Gasteiger partial charge in [-0.2, -0.15) is 4.31 Å². The number of morpholine rings is 1. The van der Waals surface area contributed by atoms with E-state index in [1.807, 2.05) is 54.6 Å². The van der Waals surface area contributed by atoms with Crippen LogP contribution in [0.4, 0.5) is 5.69 Å². The van der Waals surface area contributed by atoms with Crippen molar-refractivity contribution in [3.8, 4) is 11.1 Å². The monoisotopic (exact) mass is 422 g/mol. The van der Waals surface area contributed by atoms with Crippen LogP contribution in [0, 0.1) is 0 Å². The molecule has 1 heterocycles. The Morgan fingerprint density at radius 1 is 0.833 bits per heavy atom. The minimum absolute atomic E-state index is 0.108. The lowest BCUT2D eigenvalue weighted by atomic mass is 10.1. The standard InChI is InChI=1S/C23H22N2O4S/c26-23(24-21-11-9-19(10-12-21)18-5-2-1-3-6-18)20-7-4-8-22(17-20)30(27,28)25-13-15-29-16-14-25/h1-12,17H,13-16H2,(H,24,26). The van der Waals surface area contributed by atoms with Gasteiger partial charge < -0.3 is 10.1 Å². The molecule has 0 spiro atoms. The topological polar surface area (TPSA) is 75.7 Å². The van der Waals surface area contributed by atoms with Crippen LogP contribution >= 0.6 is 0 Å². The van der Waals surface area contributed by atoms with Crippen LogP contribution in [-0.4, -0.2) is 44.9 Å². The van der Waals surface area contributed by atoms with Gasteiger partial charge >= 0.3 is 0 Å². The lowest BCUT2D eigenvalue weighted by Crippen LogP contribution is -2.40. The Morgan fingerprint density at radius 3 is 2.20 bits per heavy atom. The summed E-state index contributed by atoms with van der Waals surface area (Å²) >= 11 is 0. The number of hydrogen-bond donors (Lipinski definition) is 1. The summed E-state index contributed by atoms with van der Waals surface area (Å²) in [4.78, 5) is 12.8. The molecule has 0 atom stereocenters. The van der Waals surface area contributed by atoms with Gasteiger partial charge in [0.05, 0.1) is 18.1 Å². The van der Waals surface area contributed by atoms with Crippen molar-refractivity contribution in [1.82, 2.24) is 4.31 Å². The van der Waals surface area contributed by atoms with E-state index >= 15 is 0 Å². The van der Waals surface area contributed by atoms with E-state index in [9.17, 15) is 13.2 Å². The van der Waals surface area contributed by atoms with Gasteiger partial charge in [-0.05, 0) is 41.5 Å². The summed E-state index contributed by atoms with van der Waals surface area (Å²) in [6.07, 6.45) is 0. The number of benzene rings is 3. The Bertz CT molecular complexity index is 1120. The van der Waals surface area contributed by atoms with Crippen molar-refractivity contribution in [2.24, 2.45) is 0 Å². The lowest BCUT2D eigenvalue weighted by molar-refractivity contribution is 0.0730. The van der Waals surface area contributed by atoms with Gasteiger partial charge in [-0.15, -0.1) is 0 Å². The molecular formula is C23H22N2O4S. The number of anilines is 1. The summed E-state index contributed by atoms with van der Waals surface area (Å²) < 4.78 is 32.3. The van der Waals surface area contributed by atoms with Crippen molar-refractivity contribution in [1.29, 1.82) is 0 Å². The van der Waals surface area contributed by atoms with Gasteiger partial charge in [-0.3, -0.25) is 4.79 Å². The predicted molar refractivity (Wildman–Crippen MR) is 116 cm³/mol. The summed E-state index contributed by atoms with van der Waals surface area (Å²) in [5, 5.41) is 2.83. The van der Waals surface area contributed by atoms with Crippen molar-refractivity contribution < 1.29 is 17.9 Å². The summed E-state index contributed by atoms with van der Waals surface area (Å²) in [7, 11) is -3.65. The third-order valence-corrected chi connectivity index (χ3v) is 6.85. The molecule has 1 aliphatic rings. The molecule has 0 saturated carbocycles. The normalized spacial score (nSPS) is 14.9. The SMILES string of the molecule is O=C(Nc1ccc(-c2ccccc2)cc1)c1cccc(S(=O)(=O)N2CCOCC2)c1. The molecule has 0 aliphatic carbocycles. The highest BCUT2D eigenvalue weighted by atomic mass is 32.2. The molecule has 6 nitrogen and oxygen atoms in total. The number of nitrogens with one attached hydrogen (secondary N) is 1. The minimum Gasteiger partial charge on any atom is -0.379 e. The Labute approximate surface area is 176 Å². The van der Waals surface area contributed by atoms with Gasteiger partial charge in [0, 0.05) is 24.3 Å². The quantitative estimate of drug-likeness (QED) is 0.681. The number of rotatable bonds is 5. The fraction of sp³-hybridized carbons (Fsp3) is 0.174. The molecule has 1 amide bonds. The van der Waals surface area contributed by atoms with E-state index in [4.69, 9.17) is 4.74 Å². The smallest absolute Gasteiger partial charge is 0.255 e. The van der Waals surface area contributed by atoms with Crippen LogP contribution < -0.4 is 5.32 Å². The maximum Gasteiger partial charge on any atom is 0.255 e. The van der Waals surface area contributed by atoms with Crippen LogP contribution in [0.3, 0.4) is 0 Å². The first-order valence-corrected chi connectivity index (χ1v) is 11.1. The molecule has 154 valence electrons. The second kappa shape index (κ2) is 8.79. The van der Waals surface area contributed by atoms with Gasteiger partial charge in [0.1, 0.15) is 0 Å². The fourth-order valence-electron chi connectivity index (χ4n) is 3.31. The summed E-state index contributed by atoms with van der Waals surface area (Å²) in [5.74, 6) is -0.360. The highest BCUT2D eigenvalue weighted by molar-refractivity contribution is 7.89. The molecule has 1 saturated heterocycles.